The molecule has 0 fully saturated rings. The van der Waals surface area contributed by atoms with Gasteiger partial charge in [0, 0.05) is 24.2 Å². The van der Waals surface area contributed by atoms with Gasteiger partial charge >= 0.3 is 0 Å². The summed E-state index contributed by atoms with van der Waals surface area (Å²) in [6, 6.07) is 7.34. The van der Waals surface area contributed by atoms with Gasteiger partial charge in [0.05, 0.1) is 5.60 Å². The minimum absolute atomic E-state index is 0.198. The average molecular weight is 311 g/mol. The van der Waals surface area contributed by atoms with Crippen LogP contribution in [0.5, 0.6) is 0 Å². The van der Waals surface area contributed by atoms with Gasteiger partial charge in [0.1, 0.15) is 0 Å². The van der Waals surface area contributed by atoms with Gasteiger partial charge in [0.2, 0.25) is 5.91 Å². The van der Waals surface area contributed by atoms with Crippen molar-refractivity contribution in [1.82, 2.24) is 10.2 Å². The van der Waals surface area contributed by atoms with Crippen LogP contribution in [-0.2, 0) is 4.79 Å². The monoisotopic (exact) mass is 310 g/mol. The fourth-order valence-electron chi connectivity index (χ4n) is 2.08. The van der Waals surface area contributed by atoms with Crippen molar-refractivity contribution in [3.8, 4) is 0 Å². The maximum atomic E-state index is 11.9. The average Bonchev–Trinajstić information content (AvgIpc) is 2.35. The zero-order chi connectivity index (χ0) is 16.0. The summed E-state index contributed by atoms with van der Waals surface area (Å²) in [4.78, 5) is 13.8. The van der Waals surface area contributed by atoms with Crippen molar-refractivity contribution in [2.45, 2.75) is 19.4 Å². The molecule has 0 aromatic heterocycles. The number of halogens is 1. The first kappa shape index (κ1) is 17.7. The van der Waals surface area contributed by atoms with Crippen molar-refractivity contribution in [3.05, 3.63) is 40.9 Å². The second-order valence-electron chi connectivity index (χ2n) is 5.79. The van der Waals surface area contributed by atoms with Crippen molar-refractivity contribution in [2.75, 3.05) is 27.2 Å². The third-order valence-corrected chi connectivity index (χ3v) is 3.16. The number of allylic oxidation sites excluding steroid dienone is 1. The molecule has 1 amide bonds. The molecule has 0 bridgehead atoms. The maximum absolute atomic E-state index is 11.9. The molecule has 1 aromatic rings. The Bertz CT molecular complexity index is 525. The quantitative estimate of drug-likeness (QED) is 0.792. The second-order valence-corrected chi connectivity index (χ2v) is 6.23. The zero-order valence-electron chi connectivity index (χ0n) is 13.0. The lowest BCUT2D eigenvalue weighted by molar-refractivity contribution is -0.117. The van der Waals surface area contributed by atoms with Crippen LogP contribution in [0.3, 0.4) is 0 Å². The van der Waals surface area contributed by atoms with Crippen LogP contribution in [0.4, 0.5) is 0 Å². The van der Waals surface area contributed by atoms with Crippen LogP contribution in [0.2, 0.25) is 5.02 Å². The highest BCUT2D eigenvalue weighted by molar-refractivity contribution is 6.30. The molecule has 1 aromatic carbocycles. The van der Waals surface area contributed by atoms with Crippen molar-refractivity contribution in [2.24, 2.45) is 0 Å². The van der Waals surface area contributed by atoms with Crippen LogP contribution in [0, 0.1) is 0 Å². The van der Waals surface area contributed by atoms with Crippen molar-refractivity contribution in [1.29, 1.82) is 0 Å². The minimum atomic E-state index is -0.961. The number of hydrogen-bond donors (Lipinski definition) is 2. The number of rotatable bonds is 6. The Balaban J connectivity index is 2.62. The lowest BCUT2D eigenvalue weighted by Gasteiger charge is -2.26. The fourth-order valence-corrected chi connectivity index (χ4v) is 2.27. The van der Waals surface area contributed by atoms with Gasteiger partial charge in [-0.1, -0.05) is 23.7 Å². The lowest BCUT2D eigenvalue weighted by Crippen LogP contribution is -2.46. The van der Waals surface area contributed by atoms with Crippen LogP contribution in [-0.4, -0.2) is 48.7 Å². The van der Waals surface area contributed by atoms with Gasteiger partial charge in [-0.05, 0) is 51.2 Å². The number of carbonyl (C=O) groups is 1. The summed E-state index contributed by atoms with van der Waals surface area (Å²) in [5.41, 5.74) is 0.761. The molecule has 5 heteroatoms. The molecule has 21 heavy (non-hydrogen) atoms. The fraction of sp³-hybridized carbons (Fsp3) is 0.438. The first-order chi connectivity index (χ1) is 9.69. The summed E-state index contributed by atoms with van der Waals surface area (Å²) >= 11 is 5.93. The van der Waals surface area contributed by atoms with Crippen LogP contribution in [0.1, 0.15) is 19.4 Å². The van der Waals surface area contributed by atoms with Gasteiger partial charge in [-0.15, -0.1) is 0 Å². The lowest BCUT2D eigenvalue weighted by atomic mass is 10.1. The van der Waals surface area contributed by atoms with Gasteiger partial charge < -0.3 is 15.3 Å². The topological polar surface area (TPSA) is 52.6 Å². The molecule has 4 nitrogen and oxygen atoms in total. The predicted octanol–water partition coefficient (Wildman–Crippen LogP) is 2.17. The molecule has 0 saturated carbocycles. The molecular formula is C16H23ClN2O2. The summed E-state index contributed by atoms with van der Waals surface area (Å²) in [6.45, 7) is 4.22. The van der Waals surface area contributed by atoms with E-state index in [2.05, 4.69) is 5.32 Å². The first-order valence-corrected chi connectivity index (χ1v) is 7.16. The number of nitrogens with zero attached hydrogens (tertiary/aromatic N) is 1. The van der Waals surface area contributed by atoms with E-state index in [9.17, 15) is 9.90 Å². The van der Waals surface area contributed by atoms with E-state index in [1.807, 2.05) is 44.1 Å². The molecule has 0 saturated heterocycles. The Kier molecular flexibility index (Phi) is 6.40. The van der Waals surface area contributed by atoms with Gasteiger partial charge in [0.25, 0.3) is 0 Å². The highest BCUT2D eigenvalue weighted by atomic mass is 35.5. The molecule has 1 rings (SSSR count). The van der Waals surface area contributed by atoms with E-state index in [0.29, 0.717) is 11.6 Å². The Hall–Kier alpha value is -1.36. The SMILES string of the molecule is C/C(=C/C(=O)NCC(C)(O)CN(C)C)c1cccc(Cl)c1. The number of hydrogen-bond acceptors (Lipinski definition) is 3. The summed E-state index contributed by atoms with van der Waals surface area (Å²) in [5.74, 6) is -0.230. The standard InChI is InChI=1S/C16H23ClN2O2/c1-12(13-6-5-7-14(17)9-13)8-15(20)18-10-16(2,21)11-19(3)4/h5-9,21H,10-11H2,1-4H3,(H,18,20)/b12-8-. The molecule has 2 N–H and O–H groups in total. The number of amides is 1. The third-order valence-electron chi connectivity index (χ3n) is 2.93. The Morgan fingerprint density at radius 1 is 1.48 bits per heavy atom. The molecule has 116 valence electrons. The Morgan fingerprint density at radius 3 is 2.71 bits per heavy atom. The third kappa shape index (κ3) is 6.76. The predicted molar refractivity (Wildman–Crippen MR) is 87.3 cm³/mol. The van der Waals surface area contributed by atoms with E-state index in [-0.39, 0.29) is 12.5 Å². The van der Waals surface area contributed by atoms with E-state index in [1.165, 1.54) is 6.08 Å². The molecule has 0 aliphatic heterocycles. The van der Waals surface area contributed by atoms with Crippen LogP contribution in [0.15, 0.2) is 30.3 Å². The number of aliphatic hydroxyl groups is 1. The van der Waals surface area contributed by atoms with Crippen molar-refractivity contribution in [3.63, 3.8) is 0 Å². The van der Waals surface area contributed by atoms with Gasteiger partial charge in [0.15, 0.2) is 0 Å². The van der Waals surface area contributed by atoms with Gasteiger partial charge in [-0.3, -0.25) is 4.79 Å². The van der Waals surface area contributed by atoms with E-state index >= 15 is 0 Å². The van der Waals surface area contributed by atoms with E-state index < -0.39 is 5.60 Å². The molecule has 0 spiro atoms. The minimum Gasteiger partial charge on any atom is -0.387 e. The normalized spacial score (nSPS) is 14.9. The summed E-state index contributed by atoms with van der Waals surface area (Å²) in [7, 11) is 3.75. The summed E-state index contributed by atoms with van der Waals surface area (Å²) in [5, 5.41) is 13.5. The van der Waals surface area contributed by atoms with E-state index in [0.717, 1.165) is 11.1 Å². The van der Waals surface area contributed by atoms with Crippen LogP contribution < -0.4 is 5.32 Å². The molecule has 1 unspecified atom stereocenters. The van der Waals surface area contributed by atoms with Crippen molar-refractivity contribution < 1.29 is 9.90 Å². The molecule has 0 heterocycles. The summed E-state index contributed by atoms with van der Waals surface area (Å²) in [6.07, 6.45) is 1.51. The van der Waals surface area contributed by atoms with Gasteiger partial charge in [-0.2, -0.15) is 0 Å². The second kappa shape index (κ2) is 7.59. The van der Waals surface area contributed by atoms with E-state index in [1.54, 1.807) is 13.0 Å². The van der Waals surface area contributed by atoms with E-state index in [4.69, 9.17) is 11.6 Å². The number of nitrogens with one attached hydrogen (secondary N) is 1. The Labute approximate surface area is 131 Å². The molecule has 1 atom stereocenters. The maximum Gasteiger partial charge on any atom is 0.244 e. The highest BCUT2D eigenvalue weighted by Gasteiger charge is 2.21. The Morgan fingerprint density at radius 2 is 2.14 bits per heavy atom. The van der Waals surface area contributed by atoms with Gasteiger partial charge in [-0.25, -0.2) is 0 Å². The van der Waals surface area contributed by atoms with Crippen molar-refractivity contribution >= 4 is 23.1 Å². The van der Waals surface area contributed by atoms with Crippen LogP contribution in [0.25, 0.3) is 5.57 Å². The zero-order valence-corrected chi connectivity index (χ0v) is 13.7. The molecule has 0 radical (unpaired) electrons. The number of carbonyl (C=O) groups excluding carboxylic acids is 1. The first-order valence-electron chi connectivity index (χ1n) is 6.79. The molecular weight excluding hydrogens is 288 g/mol. The smallest absolute Gasteiger partial charge is 0.244 e. The summed E-state index contributed by atoms with van der Waals surface area (Å²) < 4.78 is 0. The highest BCUT2D eigenvalue weighted by Crippen LogP contribution is 2.18. The largest absolute Gasteiger partial charge is 0.387 e. The number of benzene rings is 1. The molecule has 0 aliphatic rings. The molecule has 0 aliphatic carbocycles. The number of likely N-dealkylation sites (N-methyl/N-ethyl adjacent to an activating group) is 1. The van der Waals surface area contributed by atoms with Crippen LogP contribution >= 0.6 is 11.6 Å².